The van der Waals surface area contributed by atoms with Gasteiger partial charge in [0.15, 0.2) is 6.04 Å². The van der Waals surface area contributed by atoms with Gasteiger partial charge in [-0.25, -0.2) is 0 Å². The molecule has 0 spiro atoms. The molecule has 0 saturated heterocycles. The molecule has 0 aliphatic heterocycles. The highest BCUT2D eigenvalue weighted by Crippen LogP contribution is 2.15. The Morgan fingerprint density at radius 3 is 2.58 bits per heavy atom. The maximum Gasteiger partial charge on any atom is 0.282 e. The molecule has 2 atom stereocenters. The standard InChI is InChI=1S/C19H23BrN2O2/c1-4-24-18-10-8-15(9-11-18)13-22(3)14(2)19(23)21-17-7-5-6-16(20)12-17/h5-12,14H,4,13H2,1-3H3,(H,21,23)/p+1/t14-/m1/s1. The van der Waals surface area contributed by atoms with Crippen molar-refractivity contribution in [1.29, 1.82) is 0 Å². The summed E-state index contributed by atoms with van der Waals surface area (Å²) in [6, 6.07) is 15.5. The van der Waals surface area contributed by atoms with Crippen molar-refractivity contribution in [2.45, 2.75) is 26.4 Å². The Morgan fingerprint density at radius 1 is 1.25 bits per heavy atom. The number of anilines is 1. The lowest BCUT2D eigenvalue weighted by atomic mass is 10.1. The number of halogens is 1. The summed E-state index contributed by atoms with van der Waals surface area (Å²) >= 11 is 3.41. The lowest BCUT2D eigenvalue weighted by Crippen LogP contribution is -3.12. The van der Waals surface area contributed by atoms with Crippen LogP contribution in [0.2, 0.25) is 0 Å². The van der Waals surface area contributed by atoms with E-state index < -0.39 is 0 Å². The molecule has 1 unspecified atom stereocenters. The van der Waals surface area contributed by atoms with Crippen LogP contribution in [0.15, 0.2) is 53.0 Å². The minimum Gasteiger partial charge on any atom is -0.494 e. The summed E-state index contributed by atoms with van der Waals surface area (Å²) in [6.45, 7) is 5.35. The molecule has 0 aromatic heterocycles. The van der Waals surface area contributed by atoms with Gasteiger partial charge < -0.3 is 15.0 Å². The Morgan fingerprint density at radius 2 is 1.96 bits per heavy atom. The molecule has 24 heavy (non-hydrogen) atoms. The van der Waals surface area contributed by atoms with E-state index in [9.17, 15) is 4.79 Å². The van der Waals surface area contributed by atoms with Crippen molar-refractivity contribution in [3.8, 4) is 5.75 Å². The van der Waals surface area contributed by atoms with Crippen LogP contribution in [0.5, 0.6) is 5.75 Å². The van der Waals surface area contributed by atoms with Crippen LogP contribution in [0.3, 0.4) is 0 Å². The Labute approximate surface area is 151 Å². The molecule has 0 bridgehead atoms. The predicted molar refractivity (Wildman–Crippen MR) is 100 cm³/mol. The number of nitrogens with one attached hydrogen (secondary N) is 2. The van der Waals surface area contributed by atoms with Gasteiger partial charge in [0, 0.05) is 15.7 Å². The normalized spacial score (nSPS) is 13.2. The Balaban J connectivity index is 1.93. The molecule has 0 aliphatic rings. The highest BCUT2D eigenvalue weighted by molar-refractivity contribution is 9.10. The molecule has 1 amide bonds. The van der Waals surface area contributed by atoms with E-state index in [-0.39, 0.29) is 11.9 Å². The first-order valence-electron chi connectivity index (χ1n) is 8.10. The van der Waals surface area contributed by atoms with Crippen LogP contribution in [-0.4, -0.2) is 25.6 Å². The van der Waals surface area contributed by atoms with E-state index in [2.05, 4.69) is 21.2 Å². The molecular weight excluding hydrogens is 368 g/mol. The van der Waals surface area contributed by atoms with E-state index in [0.29, 0.717) is 6.61 Å². The number of quaternary nitrogens is 1. The van der Waals surface area contributed by atoms with E-state index in [1.807, 2.05) is 69.4 Å². The Bertz CT molecular complexity index is 673. The quantitative estimate of drug-likeness (QED) is 0.761. The minimum atomic E-state index is -0.157. The van der Waals surface area contributed by atoms with Gasteiger partial charge in [0.25, 0.3) is 5.91 Å². The maximum atomic E-state index is 12.4. The van der Waals surface area contributed by atoms with Crippen molar-refractivity contribution in [1.82, 2.24) is 0 Å². The van der Waals surface area contributed by atoms with Gasteiger partial charge in [-0.15, -0.1) is 0 Å². The van der Waals surface area contributed by atoms with Gasteiger partial charge in [0.1, 0.15) is 12.3 Å². The molecule has 2 rings (SSSR count). The van der Waals surface area contributed by atoms with E-state index in [1.165, 1.54) is 5.56 Å². The summed E-state index contributed by atoms with van der Waals surface area (Å²) < 4.78 is 6.40. The van der Waals surface area contributed by atoms with Crippen molar-refractivity contribution in [3.63, 3.8) is 0 Å². The summed E-state index contributed by atoms with van der Waals surface area (Å²) in [7, 11) is 2.03. The SMILES string of the molecule is CCOc1ccc(C[NH+](C)[C@H](C)C(=O)Nc2cccc(Br)c2)cc1. The number of carbonyl (C=O) groups is 1. The van der Waals surface area contributed by atoms with Gasteiger partial charge in [-0.3, -0.25) is 4.79 Å². The summed E-state index contributed by atoms with van der Waals surface area (Å²) in [6.07, 6.45) is 0. The van der Waals surface area contributed by atoms with Crippen molar-refractivity contribution in [2.24, 2.45) is 0 Å². The Hall–Kier alpha value is -1.85. The summed E-state index contributed by atoms with van der Waals surface area (Å²) in [4.78, 5) is 13.6. The van der Waals surface area contributed by atoms with Crippen LogP contribution in [0.1, 0.15) is 19.4 Å². The number of hydrogen-bond acceptors (Lipinski definition) is 2. The summed E-state index contributed by atoms with van der Waals surface area (Å²) in [5.41, 5.74) is 1.98. The molecule has 0 fully saturated rings. The van der Waals surface area contributed by atoms with E-state index >= 15 is 0 Å². The topological polar surface area (TPSA) is 42.8 Å². The van der Waals surface area contributed by atoms with Gasteiger partial charge in [-0.1, -0.05) is 22.0 Å². The van der Waals surface area contributed by atoms with Crippen molar-refractivity contribution in [3.05, 3.63) is 58.6 Å². The molecule has 2 N–H and O–H groups in total. The number of rotatable bonds is 7. The number of benzene rings is 2. The monoisotopic (exact) mass is 391 g/mol. The fourth-order valence-electron chi connectivity index (χ4n) is 2.39. The second-order valence-corrected chi connectivity index (χ2v) is 6.74. The fraction of sp³-hybridized carbons (Fsp3) is 0.316. The number of carbonyl (C=O) groups excluding carboxylic acids is 1. The molecule has 4 nitrogen and oxygen atoms in total. The molecule has 128 valence electrons. The van der Waals surface area contributed by atoms with Crippen LogP contribution < -0.4 is 15.0 Å². The number of likely N-dealkylation sites (N-methyl/N-ethyl adjacent to an activating group) is 1. The largest absolute Gasteiger partial charge is 0.494 e. The van der Waals surface area contributed by atoms with Gasteiger partial charge in [0.2, 0.25) is 0 Å². The smallest absolute Gasteiger partial charge is 0.282 e. The third-order valence-electron chi connectivity index (χ3n) is 3.94. The van der Waals surface area contributed by atoms with Crippen LogP contribution >= 0.6 is 15.9 Å². The highest BCUT2D eigenvalue weighted by Gasteiger charge is 2.22. The summed E-state index contributed by atoms with van der Waals surface area (Å²) in [5.74, 6) is 0.885. The molecule has 0 saturated carbocycles. The molecule has 0 radical (unpaired) electrons. The molecule has 5 heteroatoms. The lowest BCUT2D eigenvalue weighted by Gasteiger charge is -2.21. The fourth-order valence-corrected chi connectivity index (χ4v) is 2.79. The predicted octanol–water partition coefficient (Wildman–Crippen LogP) is 2.89. The van der Waals surface area contributed by atoms with Gasteiger partial charge >= 0.3 is 0 Å². The zero-order valence-corrected chi connectivity index (χ0v) is 15.9. The maximum absolute atomic E-state index is 12.4. The van der Waals surface area contributed by atoms with E-state index in [1.54, 1.807) is 0 Å². The van der Waals surface area contributed by atoms with Gasteiger partial charge in [0.05, 0.1) is 13.7 Å². The molecule has 0 aliphatic carbocycles. The number of amides is 1. The molecule has 2 aromatic rings. The average Bonchev–Trinajstić information content (AvgIpc) is 2.56. The van der Waals surface area contributed by atoms with Gasteiger partial charge in [-0.05, 0) is 56.3 Å². The third kappa shape index (κ3) is 5.35. The number of hydrogen-bond donors (Lipinski definition) is 2. The lowest BCUT2D eigenvalue weighted by molar-refractivity contribution is -0.907. The molecule has 0 heterocycles. The molecule has 2 aromatic carbocycles. The van der Waals surface area contributed by atoms with Crippen LogP contribution in [0, 0.1) is 0 Å². The molecular formula is C19H24BrN2O2+. The van der Waals surface area contributed by atoms with Crippen molar-refractivity contribution in [2.75, 3.05) is 19.0 Å². The first-order valence-corrected chi connectivity index (χ1v) is 8.89. The Kier molecular flexibility index (Phi) is 6.82. The second kappa shape index (κ2) is 8.85. The van der Waals surface area contributed by atoms with Crippen LogP contribution in [0.4, 0.5) is 5.69 Å². The van der Waals surface area contributed by atoms with Crippen molar-refractivity contribution < 1.29 is 14.4 Å². The second-order valence-electron chi connectivity index (χ2n) is 5.82. The van der Waals surface area contributed by atoms with Gasteiger partial charge in [-0.2, -0.15) is 0 Å². The third-order valence-corrected chi connectivity index (χ3v) is 4.44. The zero-order chi connectivity index (χ0) is 17.5. The minimum absolute atomic E-state index is 0.0107. The highest BCUT2D eigenvalue weighted by atomic mass is 79.9. The van der Waals surface area contributed by atoms with E-state index in [4.69, 9.17) is 4.74 Å². The van der Waals surface area contributed by atoms with Crippen LogP contribution in [0.25, 0.3) is 0 Å². The first-order chi connectivity index (χ1) is 11.5. The van der Waals surface area contributed by atoms with Crippen LogP contribution in [-0.2, 0) is 11.3 Å². The van der Waals surface area contributed by atoms with Crippen molar-refractivity contribution >= 4 is 27.5 Å². The zero-order valence-electron chi connectivity index (χ0n) is 14.3. The van der Waals surface area contributed by atoms with E-state index in [0.717, 1.165) is 27.4 Å². The first kappa shape index (κ1) is 18.5. The number of ether oxygens (including phenoxy) is 1. The average molecular weight is 392 g/mol. The summed E-state index contributed by atoms with van der Waals surface area (Å²) in [5, 5.41) is 2.97.